The van der Waals surface area contributed by atoms with E-state index in [1.807, 2.05) is 21.0 Å². The molecule has 0 aromatic carbocycles. The first-order chi connectivity index (χ1) is 9.13. The Morgan fingerprint density at radius 3 is 2.74 bits per heavy atom. The molecule has 2 rings (SSSR count). The fourth-order valence-electron chi connectivity index (χ4n) is 1.78. The number of hydrogen-bond acceptors (Lipinski definition) is 5. The summed E-state index contributed by atoms with van der Waals surface area (Å²) >= 11 is 0. The van der Waals surface area contributed by atoms with Crippen LogP contribution in [0.2, 0.25) is 0 Å². The van der Waals surface area contributed by atoms with Crippen LogP contribution >= 0.6 is 0 Å². The summed E-state index contributed by atoms with van der Waals surface area (Å²) in [7, 11) is 3.69. The normalized spacial score (nSPS) is 10.5. The highest BCUT2D eigenvalue weighted by atomic mass is 16.5. The number of aryl methyl sites for hydroxylation is 2. The Kier molecular flexibility index (Phi) is 3.99. The van der Waals surface area contributed by atoms with Crippen LogP contribution in [0.15, 0.2) is 12.4 Å². The molecule has 102 valence electrons. The van der Waals surface area contributed by atoms with Crippen LogP contribution in [0.4, 0.5) is 5.82 Å². The second kappa shape index (κ2) is 5.69. The maximum atomic E-state index is 5.79. The van der Waals surface area contributed by atoms with Crippen molar-refractivity contribution >= 4 is 5.82 Å². The number of aromatic nitrogens is 4. The van der Waals surface area contributed by atoms with E-state index in [9.17, 15) is 0 Å². The zero-order valence-corrected chi connectivity index (χ0v) is 11.8. The fourth-order valence-corrected chi connectivity index (χ4v) is 1.78. The second-order valence-corrected chi connectivity index (χ2v) is 4.37. The van der Waals surface area contributed by atoms with Gasteiger partial charge in [0.15, 0.2) is 5.75 Å². The molecule has 0 atom stereocenters. The van der Waals surface area contributed by atoms with Gasteiger partial charge in [-0.15, -0.1) is 0 Å². The molecule has 0 aliphatic heterocycles. The van der Waals surface area contributed by atoms with Gasteiger partial charge in [-0.05, 0) is 13.3 Å². The van der Waals surface area contributed by atoms with Crippen molar-refractivity contribution in [1.29, 1.82) is 0 Å². The zero-order valence-electron chi connectivity index (χ0n) is 11.8. The summed E-state index contributed by atoms with van der Waals surface area (Å²) in [5, 5.41) is 7.15. The van der Waals surface area contributed by atoms with Crippen LogP contribution in [0.25, 0.3) is 0 Å². The van der Waals surface area contributed by atoms with Crippen LogP contribution in [0.5, 0.6) is 11.6 Å². The summed E-state index contributed by atoms with van der Waals surface area (Å²) in [6.07, 6.45) is 5.30. The standard InChI is InChI=1S/C13H19N5O/c1-5-6-11-16-12(14-3)9(2)13(17-11)19-10-7-15-18(4)8-10/h7-8H,5-6H2,1-4H3,(H,14,16,17). The SMILES string of the molecule is CCCc1nc(NC)c(C)c(Oc2cnn(C)c2)n1. The molecule has 6 nitrogen and oxygen atoms in total. The minimum absolute atomic E-state index is 0.579. The molecule has 0 amide bonds. The van der Waals surface area contributed by atoms with Crippen molar-refractivity contribution in [2.75, 3.05) is 12.4 Å². The monoisotopic (exact) mass is 261 g/mol. The van der Waals surface area contributed by atoms with Crippen molar-refractivity contribution in [3.05, 3.63) is 23.8 Å². The molecule has 0 aliphatic carbocycles. The smallest absolute Gasteiger partial charge is 0.227 e. The Labute approximate surface area is 112 Å². The molecule has 2 aromatic heterocycles. The van der Waals surface area contributed by atoms with E-state index in [2.05, 4.69) is 27.3 Å². The van der Waals surface area contributed by atoms with Crippen LogP contribution in [0, 0.1) is 6.92 Å². The van der Waals surface area contributed by atoms with E-state index in [1.165, 1.54) is 0 Å². The van der Waals surface area contributed by atoms with E-state index in [1.54, 1.807) is 17.1 Å². The Bertz CT molecular complexity index is 564. The molecule has 0 aliphatic rings. The molecule has 1 N–H and O–H groups in total. The molecule has 2 heterocycles. The van der Waals surface area contributed by atoms with Gasteiger partial charge in [0.1, 0.15) is 11.6 Å². The third kappa shape index (κ3) is 3.01. The molecule has 0 bridgehead atoms. The van der Waals surface area contributed by atoms with E-state index >= 15 is 0 Å². The van der Waals surface area contributed by atoms with Gasteiger partial charge in [0, 0.05) is 20.5 Å². The van der Waals surface area contributed by atoms with E-state index in [-0.39, 0.29) is 0 Å². The van der Waals surface area contributed by atoms with E-state index in [0.717, 1.165) is 30.0 Å². The number of rotatable bonds is 5. The fraction of sp³-hybridized carbons (Fsp3) is 0.462. The lowest BCUT2D eigenvalue weighted by Gasteiger charge is -2.11. The molecule has 2 aromatic rings. The summed E-state index contributed by atoms with van der Waals surface area (Å²) in [6, 6.07) is 0. The third-order valence-corrected chi connectivity index (χ3v) is 2.75. The van der Waals surface area contributed by atoms with Gasteiger partial charge in [-0.1, -0.05) is 6.92 Å². The molecule has 0 saturated carbocycles. The highest BCUT2D eigenvalue weighted by molar-refractivity contribution is 5.49. The van der Waals surface area contributed by atoms with Gasteiger partial charge in [0.05, 0.1) is 18.0 Å². The van der Waals surface area contributed by atoms with Gasteiger partial charge in [0.2, 0.25) is 5.88 Å². The topological polar surface area (TPSA) is 64.9 Å². The second-order valence-electron chi connectivity index (χ2n) is 4.37. The lowest BCUT2D eigenvalue weighted by Crippen LogP contribution is -2.05. The van der Waals surface area contributed by atoms with Crippen LogP contribution < -0.4 is 10.1 Å². The summed E-state index contributed by atoms with van der Waals surface area (Å²) in [5.41, 5.74) is 0.895. The molecule has 0 fully saturated rings. The molecule has 19 heavy (non-hydrogen) atoms. The first-order valence-corrected chi connectivity index (χ1v) is 6.35. The molecule has 0 saturated heterocycles. The summed E-state index contributed by atoms with van der Waals surface area (Å²) in [6.45, 7) is 4.04. The third-order valence-electron chi connectivity index (χ3n) is 2.75. The van der Waals surface area contributed by atoms with Gasteiger partial charge in [-0.25, -0.2) is 4.98 Å². The van der Waals surface area contributed by atoms with Gasteiger partial charge in [-0.3, -0.25) is 4.68 Å². The lowest BCUT2D eigenvalue weighted by atomic mass is 10.3. The maximum Gasteiger partial charge on any atom is 0.227 e. The minimum atomic E-state index is 0.579. The van der Waals surface area contributed by atoms with Gasteiger partial charge in [-0.2, -0.15) is 10.1 Å². The quantitative estimate of drug-likeness (QED) is 0.894. The predicted octanol–water partition coefficient (Wildman–Crippen LogP) is 2.31. The molecular formula is C13H19N5O. The van der Waals surface area contributed by atoms with Gasteiger partial charge < -0.3 is 10.1 Å². The predicted molar refractivity (Wildman–Crippen MR) is 73.6 cm³/mol. The van der Waals surface area contributed by atoms with Crippen LogP contribution in [-0.4, -0.2) is 26.8 Å². The molecule has 0 unspecified atom stereocenters. The summed E-state index contributed by atoms with van der Waals surface area (Å²) in [5.74, 6) is 2.85. The molecule has 0 radical (unpaired) electrons. The minimum Gasteiger partial charge on any atom is -0.435 e. The lowest BCUT2D eigenvalue weighted by molar-refractivity contribution is 0.454. The zero-order chi connectivity index (χ0) is 13.8. The average molecular weight is 261 g/mol. The maximum absolute atomic E-state index is 5.79. The van der Waals surface area contributed by atoms with Crippen molar-refractivity contribution in [2.45, 2.75) is 26.7 Å². The first kappa shape index (κ1) is 13.3. The first-order valence-electron chi connectivity index (χ1n) is 6.35. The highest BCUT2D eigenvalue weighted by Gasteiger charge is 2.12. The number of nitrogens with one attached hydrogen (secondary N) is 1. The molecular weight excluding hydrogens is 242 g/mol. The van der Waals surface area contributed by atoms with Crippen LogP contribution in [-0.2, 0) is 13.5 Å². The molecule has 6 heteroatoms. The summed E-state index contributed by atoms with van der Waals surface area (Å²) < 4.78 is 7.48. The van der Waals surface area contributed by atoms with Crippen molar-refractivity contribution < 1.29 is 4.74 Å². The van der Waals surface area contributed by atoms with Crippen LogP contribution in [0.1, 0.15) is 24.7 Å². The van der Waals surface area contributed by atoms with E-state index < -0.39 is 0 Å². The summed E-state index contributed by atoms with van der Waals surface area (Å²) in [4.78, 5) is 8.93. The largest absolute Gasteiger partial charge is 0.435 e. The van der Waals surface area contributed by atoms with Gasteiger partial charge >= 0.3 is 0 Å². The van der Waals surface area contributed by atoms with Crippen molar-refractivity contribution in [3.63, 3.8) is 0 Å². The van der Waals surface area contributed by atoms with E-state index in [4.69, 9.17) is 4.74 Å². The Morgan fingerprint density at radius 1 is 1.37 bits per heavy atom. The van der Waals surface area contributed by atoms with Crippen molar-refractivity contribution in [3.8, 4) is 11.6 Å². The van der Waals surface area contributed by atoms with Crippen molar-refractivity contribution in [1.82, 2.24) is 19.7 Å². The molecule has 0 spiro atoms. The Hall–Kier alpha value is -2.11. The number of ether oxygens (including phenoxy) is 1. The number of anilines is 1. The number of nitrogens with zero attached hydrogens (tertiary/aromatic N) is 4. The Balaban J connectivity index is 2.34. The Morgan fingerprint density at radius 2 is 2.16 bits per heavy atom. The van der Waals surface area contributed by atoms with Crippen molar-refractivity contribution in [2.24, 2.45) is 7.05 Å². The van der Waals surface area contributed by atoms with Crippen LogP contribution in [0.3, 0.4) is 0 Å². The average Bonchev–Trinajstić information content (AvgIpc) is 2.79. The number of hydrogen-bond donors (Lipinski definition) is 1. The van der Waals surface area contributed by atoms with Gasteiger partial charge in [0.25, 0.3) is 0 Å². The highest BCUT2D eigenvalue weighted by Crippen LogP contribution is 2.26. The van der Waals surface area contributed by atoms with E-state index in [0.29, 0.717) is 11.6 Å².